The Balaban J connectivity index is 1.78. The fourth-order valence-electron chi connectivity index (χ4n) is 3.95. The third kappa shape index (κ3) is 3.03. The molecule has 3 nitrogen and oxygen atoms in total. The van der Waals surface area contributed by atoms with E-state index in [2.05, 4.69) is 24.0 Å². The fraction of sp³-hybridized carbons (Fsp3) is 0.667. The highest BCUT2D eigenvalue weighted by Crippen LogP contribution is 2.35. The first kappa shape index (κ1) is 14.7. The quantitative estimate of drug-likeness (QED) is 0.848. The number of benzene rings is 1. The van der Waals surface area contributed by atoms with E-state index in [1.165, 1.54) is 43.4 Å². The fourth-order valence-corrected chi connectivity index (χ4v) is 3.95. The number of methoxy groups -OCH3 is 2. The molecular weight excluding hydrogens is 262 g/mol. The summed E-state index contributed by atoms with van der Waals surface area (Å²) in [7, 11) is 3.43. The maximum atomic E-state index is 5.46. The van der Waals surface area contributed by atoms with E-state index >= 15 is 0 Å². The molecule has 1 fully saturated rings. The number of hydrogen-bond acceptors (Lipinski definition) is 3. The molecule has 0 unspecified atom stereocenters. The van der Waals surface area contributed by atoms with Gasteiger partial charge in [-0.05, 0) is 48.4 Å². The molecule has 0 aromatic heterocycles. The molecular formula is C18H27NO2. The van der Waals surface area contributed by atoms with Crippen LogP contribution in [0.1, 0.15) is 43.7 Å². The largest absolute Gasteiger partial charge is 0.493 e. The van der Waals surface area contributed by atoms with Gasteiger partial charge in [-0.25, -0.2) is 0 Å². The first-order chi connectivity index (χ1) is 10.2. The van der Waals surface area contributed by atoms with Crippen molar-refractivity contribution < 1.29 is 9.47 Å². The van der Waals surface area contributed by atoms with Crippen molar-refractivity contribution in [2.24, 2.45) is 5.92 Å². The number of rotatable bonds is 3. The minimum absolute atomic E-state index is 0.773. The smallest absolute Gasteiger partial charge is 0.161 e. The number of hydrogen-bond donors (Lipinski definition) is 0. The maximum Gasteiger partial charge on any atom is 0.161 e. The van der Waals surface area contributed by atoms with Gasteiger partial charge in [-0.1, -0.05) is 19.8 Å². The molecule has 1 aromatic carbocycles. The number of ether oxygens (including phenoxy) is 2. The predicted octanol–water partition coefficient (Wildman–Crippen LogP) is 3.64. The van der Waals surface area contributed by atoms with Gasteiger partial charge in [0.25, 0.3) is 0 Å². The third-order valence-electron chi connectivity index (χ3n) is 5.17. The lowest BCUT2D eigenvalue weighted by molar-refractivity contribution is 0.121. The van der Waals surface area contributed by atoms with Crippen LogP contribution in [-0.4, -0.2) is 31.7 Å². The van der Waals surface area contributed by atoms with Crippen LogP contribution in [0.15, 0.2) is 12.1 Å². The number of fused-ring (bicyclic) bond motifs is 1. The van der Waals surface area contributed by atoms with Crippen molar-refractivity contribution in [2.75, 3.05) is 20.8 Å². The molecule has 116 valence electrons. The van der Waals surface area contributed by atoms with E-state index in [0.29, 0.717) is 0 Å². The summed E-state index contributed by atoms with van der Waals surface area (Å²) in [5.41, 5.74) is 2.84. The Kier molecular flexibility index (Phi) is 4.39. The Bertz CT molecular complexity index is 500. The van der Waals surface area contributed by atoms with Crippen LogP contribution in [0.2, 0.25) is 0 Å². The Hall–Kier alpha value is -1.22. The van der Waals surface area contributed by atoms with Crippen molar-refractivity contribution in [1.29, 1.82) is 0 Å². The zero-order valence-electron chi connectivity index (χ0n) is 13.5. The minimum Gasteiger partial charge on any atom is -0.493 e. The van der Waals surface area contributed by atoms with E-state index in [-0.39, 0.29) is 0 Å². The van der Waals surface area contributed by atoms with Crippen LogP contribution in [0, 0.1) is 5.92 Å². The third-order valence-corrected chi connectivity index (χ3v) is 5.17. The highest BCUT2D eigenvalue weighted by Gasteiger charge is 2.28. The SMILES string of the molecule is COc1cc2c(cc1OC)CN([C@H]1CCC[C@@H](C)C1)CC2. The first-order valence-corrected chi connectivity index (χ1v) is 8.19. The van der Waals surface area contributed by atoms with Crippen LogP contribution in [0.4, 0.5) is 0 Å². The van der Waals surface area contributed by atoms with E-state index in [4.69, 9.17) is 9.47 Å². The van der Waals surface area contributed by atoms with Gasteiger partial charge in [-0.3, -0.25) is 4.90 Å². The molecule has 1 aromatic rings. The van der Waals surface area contributed by atoms with Gasteiger partial charge in [0.2, 0.25) is 0 Å². The molecule has 1 aliphatic heterocycles. The molecule has 2 aliphatic rings. The lowest BCUT2D eigenvalue weighted by Crippen LogP contribution is -2.41. The van der Waals surface area contributed by atoms with E-state index in [9.17, 15) is 0 Å². The van der Waals surface area contributed by atoms with Crippen molar-refractivity contribution >= 4 is 0 Å². The summed E-state index contributed by atoms with van der Waals surface area (Å²) in [6, 6.07) is 5.11. The average molecular weight is 289 g/mol. The zero-order valence-corrected chi connectivity index (χ0v) is 13.5. The standard InChI is InChI=1S/C18H27NO2/c1-13-5-4-6-16(9-13)19-8-7-14-10-17(20-2)18(21-3)11-15(14)12-19/h10-11,13,16H,4-9,12H2,1-3H3/t13-,16+/m1/s1. The lowest BCUT2D eigenvalue weighted by atomic mass is 9.85. The van der Waals surface area contributed by atoms with Crippen LogP contribution in [0.3, 0.4) is 0 Å². The summed E-state index contributed by atoms with van der Waals surface area (Å²) in [6.45, 7) is 4.64. The topological polar surface area (TPSA) is 21.7 Å². The van der Waals surface area contributed by atoms with E-state index in [0.717, 1.165) is 36.4 Å². The Morgan fingerprint density at radius 2 is 1.76 bits per heavy atom. The second-order valence-electron chi connectivity index (χ2n) is 6.62. The van der Waals surface area contributed by atoms with Crippen molar-refractivity contribution in [1.82, 2.24) is 4.90 Å². The van der Waals surface area contributed by atoms with Crippen molar-refractivity contribution in [3.05, 3.63) is 23.3 Å². The molecule has 1 heterocycles. The minimum atomic E-state index is 0.773. The molecule has 2 atom stereocenters. The van der Waals surface area contributed by atoms with Gasteiger partial charge in [0.05, 0.1) is 14.2 Å². The monoisotopic (exact) mass is 289 g/mol. The molecule has 0 spiro atoms. The van der Waals surface area contributed by atoms with E-state index in [1.54, 1.807) is 14.2 Å². The molecule has 1 saturated carbocycles. The Labute approximate surface area is 128 Å². The van der Waals surface area contributed by atoms with Gasteiger partial charge in [-0.2, -0.15) is 0 Å². The average Bonchev–Trinajstić information content (AvgIpc) is 2.53. The number of nitrogens with zero attached hydrogens (tertiary/aromatic N) is 1. The first-order valence-electron chi connectivity index (χ1n) is 8.19. The lowest BCUT2D eigenvalue weighted by Gasteiger charge is -2.39. The van der Waals surface area contributed by atoms with Crippen molar-refractivity contribution in [3.63, 3.8) is 0 Å². The zero-order chi connectivity index (χ0) is 14.8. The summed E-state index contributed by atoms with van der Waals surface area (Å²) in [5, 5.41) is 0. The van der Waals surface area contributed by atoms with Gasteiger partial charge in [0.15, 0.2) is 11.5 Å². The van der Waals surface area contributed by atoms with Gasteiger partial charge >= 0.3 is 0 Å². The van der Waals surface area contributed by atoms with Gasteiger partial charge in [0, 0.05) is 19.1 Å². The van der Waals surface area contributed by atoms with Crippen LogP contribution in [0.5, 0.6) is 11.5 Å². The van der Waals surface area contributed by atoms with Crippen LogP contribution < -0.4 is 9.47 Å². The molecule has 0 amide bonds. The summed E-state index contributed by atoms with van der Waals surface area (Å²) < 4.78 is 10.9. The second-order valence-corrected chi connectivity index (χ2v) is 6.62. The summed E-state index contributed by atoms with van der Waals surface area (Å²) in [6.07, 6.45) is 6.66. The highest BCUT2D eigenvalue weighted by molar-refractivity contribution is 5.48. The molecule has 1 aliphatic carbocycles. The van der Waals surface area contributed by atoms with Crippen LogP contribution in [-0.2, 0) is 13.0 Å². The highest BCUT2D eigenvalue weighted by atomic mass is 16.5. The van der Waals surface area contributed by atoms with Crippen LogP contribution in [0.25, 0.3) is 0 Å². The summed E-state index contributed by atoms with van der Waals surface area (Å²) in [4.78, 5) is 2.68. The maximum absolute atomic E-state index is 5.46. The normalized spacial score (nSPS) is 26.2. The second kappa shape index (κ2) is 6.27. The summed E-state index contributed by atoms with van der Waals surface area (Å²) >= 11 is 0. The summed E-state index contributed by atoms with van der Waals surface area (Å²) in [5.74, 6) is 2.60. The van der Waals surface area contributed by atoms with E-state index < -0.39 is 0 Å². The van der Waals surface area contributed by atoms with Gasteiger partial charge in [-0.15, -0.1) is 0 Å². The molecule has 0 radical (unpaired) electrons. The molecule has 21 heavy (non-hydrogen) atoms. The van der Waals surface area contributed by atoms with Crippen molar-refractivity contribution in [2.45, 2.75) is 51.6 Å². The van der Waals surface area contributed by atoms with E-state index in [1.807, 2.05) is 0 Å². The molecule has 3 rings (SSSR count). The predicted molar refractivity (Wildman–Crippen MR) is 85.1 cm³/mol. The Morgan fingerprint density at radius 1 is 1.05 bits per heavy atom. The van der Waals surface area contributed by atoms with Crippen LogP contribution >= 0.6 is 0 Å². The van der Waals surface area contributed by atoms with Gasteiger partial charge in [0.1, 0.15) is 0 Å². The Morgan fingerprint density at radius 3 is 2.43 bits per heavy atom. The van der Waals surface area contributed by atoms with Gasteiger partial charge < -0.3 is 9.47 Å². The molecule has 3 heteroatoms. The van der Waals surface area contributed by atoms with Crippen molar-refractivity contribution in [3.8, 4) is 11.5 Å². The molecule has 0 bridgehead atoms. The molecule has 0 N–H and O–H groups in total. The molecule has 0 saturated heterocycles.